The molecule has 2 N–H and O–H groups in total. The highest BCUT2D eigenvalue weighted by molar-refractivity contribution is 7.13. The van der Waals surface area contributed by atoms with Gasteiger partial charge in [-0.05, 0) is 25.8 Å². The Kier molecular flexibility index (Phi) is 5.55. The lowest BCUT2D eigenvalue weighted by molar-refractivity contribution is 0.443. The number of aryl methyl sites for hydroxylation is 1. The second-order valence-electron chi connectivity index (χ2n) is 6.76. The van der Waals surface area contributed by atoms with Crippen LogP contribution in [-0.4, -0.2) is 22.0 Å². The lowest BCUT2D eigenvalue weighted by Gasteiger charge is -2.21. The molecule has 2 aromatic heterocycles. The molecule has 1 fully saturated rings. The third-order valence-electron chi connectivity index (χ3n) is 4.79. The first kappa shape index (κ1) is 18.2. The van der Waals surface area contributed by atoms with Gasteiger partial charge in [-0.3, -0.25) is 4.98 Å². The summed E-state index contributed by atoms with van der Waals surface area (Å²) in [6.07, 6.45) is 7.79. The van der Waals surface area contributed by atoms with E-state index in [0.29, 0.717) is 17.0 Å². The first-order chi connectivity index (χ1) is 13.2. The second-order valence-corrected chi connectivity index (χ2v) is 8.03. The van der Waals surface area contributed by atoms with Crippen molar-refractivity contribution in [2.75, 3.05) is 10.6 Å². The molecule has 7 heteroatoms. The fourth-order valence-corrected chi connectivity index (χ4v) is 4.15. The predicted molar refractivity (Wildman–Crippen MR) is 115 cm³/mol. The number of rotatable bonds is 3. The van der Waals surface area contributed by atoms with Crippen LogP contribution in [0.2, 0.25) is 5.02 Å². The molecule has 27 heavy (non-hydrogen) atoms. The zero-order valence-electron chi connectivity index (χ0n) is 15.2. The van der Waals surface area contributed by atoms with Crippen molar-refractivity contribution >= 4 is 50.6 Å². The number of guanidine groups is 1. The minimum absolute atomic E-state index is 0.321. The number of nitrogens with one attached hydrogen (secondary N) is 2. The van der Waals surface area contributed by atoms with E-state index in [-0.39, 0.29) is 0 Å². The van der Waals surface area contributed by atoms with E-state index >= 15 is 0 Å². The van der Waals surface area contributed by atoms with Gasteiger partial charge in [-0.25, -0.2) is 9.98 Å². The van der Waals surface area contributed by atoms with E-state index in [0.717, 1.165) is 40.3 Å². The van der Waals surface area contributed by atoms with E-state index in [1.165, 1.54) is 19.3 Å². The second kappa shape index (κ2) is 8.23. The number of para-hydroxylation sites is 1. The summed E-state index contributed by atoms with van der Waals surface area (Å²) < 4.78 is 0. The van der Waals surface area contributed by atoms with Gasteiger partial charge in [-0.1, -0.05) is 49.1 Å². The van der Waals surface area contributed by atoms with Gasteiger partial charge in [0.1, 0.15) is 0 Å². The standard InChI is InChI=1S/C20H22ClN5S/c1-13-17(21)18(15-9-5-6-10-16(15)23-13)25-19(26-20-22-11-12-27-20)24-14-7-3-2-4-8-14/h5-6,9-12,14H,2-4,7-8H2,1H3,(H2,22,23,24,25,26). The Bertz CT molecular complexity index is 948. The molecule has 0 aliphatic heterocycles. The van der Waals surface area contributed by atoms with Crippen LogP contribution >= 0.6 is 22.9 Å². The number of pyridine rings is 1. The largest absolute Gasteiger partial charge is 0.324 e. The van der Waals surface area contributed by atoms with Crippen molar-refractivity contribution in [2.24, 2.45) is 4.99 Å². The van der Waals surface area contributed by atoms with Gasteiger partial charge in [0.15, 0.2) is 5.13 Å². The number of nitrogens with zero attached hydrogens (tertiary/aromatic N) is 3. The monoisotopic (exact) mass is 399 g/mol. The van der Waals surface area contributed by atoms with E-state index in [1.807, 2.05) is 36.6 Å². The molecule has 0 bridgehead atoms. The molecule has 4 rings (SSSR count). The van der Waals surface area contributed by atoms with Crippen LogP contribution in [0.25, 0.3) is 10.9 Å². The minimum Gasteiger partial charge on any atom is -0.324 e. The molecule has 0 radical (unpaired) electrons. The summed E-state index contributed by atoms with van der Waals surface area (Å²) in [7, 11) is 0. The van der Waals surface area contributed by atoms with Gasteiger partial charge in [0.05, 0.1) is 28.0 Å². The van der Waals surface area contributed by atoms with Crippen LogP contribution in [0, 0.1) is 6.92 Å². The van der Waals surface area contributed by atoms with Crippen molar-refractivity contribution in [1.82, 2.24) is 9.97 Å². The van der Waals surface area contributed by atoms with Gasteiger partial charge in [0.2, 0.25) is 5.96 Å². The highest BCUT2D eigenvalue weighted by atomic mass is 35.5. The Morgan fingerprint density at radius 1 is 1.19 bits per heavy atom. The summed E-state index contributed by atoms with van der Waals surface area (Å²) in [6.45, 7) is 1.92. The van der Waals surface area contributed by atoms with Gasteiger partial charge < -0.3 is 10.6 Å². The van der Waals surface area contributed by atoms with E-state index in [2.05, 4.69) is 20.6 Å². The van der Waals surface area contributed by atoms with Crippen molar-refractivity contribution in [1.29, 1.82) is 0 Å². The fraction of sp³-hybridized carbons (Fsp3) is 0.350. The van der Waals surface area contributed by atoms with Crippen LogP contribution in [0.4, 0.5) is 10.8 Å². The van der Waals surface area contributed by atoms with Crippen LogP contribution in [-0.2, 0) is 0 Å². The highest BCUT2D eigenvalue weighted by Gasteiger charge is 2.17. The molecule has 5 nitrogen and oxygen atoms in total. The topological polar surface area (TPSA) is 62.2 Å². The van der Waals surface area contributed by atoms with Gasteiger partial charge in [-0.15, -0.1) is 11.3 Å². The van der Waals surface area contributed by atoms with Crippen molar-refractivity contribution in [3.8, 4) is 0 Å². The Hall–Kier alpha value is -2.18. The SMILES string of the molecule is Cc1nc2ccccc2c(NC(=NC2CCCCC2)Nc2nccs2)c1Cl. The maximum absolute atomic E-state index is 6.62. The van der Waals surface area contributed by atoms with Gasteiger partial charge in [-0.2, -0.15) is 0 Å². The number of anilines is 2. The maximum atomic E-state index is 6.62. The highest BCUT2D eigenvalue weighted by Crippen LogP contribution is 2.32. The van der Waals surface area contributed by atoms with E-state index in [1.54, 1.807) is 17.5 Å². The summed E-state index contributed by atoms with van der Waals surface area (Å²) in [5.41, 5.74) is 2.54. The third kappa shape index (κ3) is 4.22. The van der Waals surface area contributed by atoms with Gasteiger partial charge >= 0.3 is 0 Å². The van der Waals surface area contributed by atoms with Crippen molar-refractivity contribution in [3.05, 3.63) is 46.6 Å². The zero-order valence-corrected chi connectivity index (χ0v) is 16.8. The number of aromatic nitrogens is 2. The zero-order chi connectivity index (χ0) is 18.6. The molecule has 3 aromatic rings. The van der Waals surface area contributed by atoms with E-state index in [4.69, 9.17) is 16.6 Å². The number of hydrogen-bond acceptors (Lipinski definition) is 4. The van der Waals surface area contributed by atoms with Crippen LogP contribution in [0.15, 0.2) is 40.8 Å². The average molecular weight is 400 g/mol. The lowest BCUT2D eigenvalue weighted by atomic mass is 9.96. The van der Waals surface area contributed by atoms with Crippen molar-refractivity contribution < 1.29 is 0 Å². The average Bonchev–Trinajstić information content (AvgIpc) is 3.19. The van der Waals surface area contributed by atoms with Gasteiger partial charge in [0.25, 0.3) is 0 Å². The van der Waals surface area contributed by atoms with Crippen molar-refractivity contribution in [2.45, 2.75) is 45.1 Å². The summed E-state index contributed by atoms with van der Waals surface area (Å²) >= 11 is 8.17. The quantitative estimate of drug-likeness (QED) is 0.427. The molecule has 0 atom stereocenters. The van der Waals surface area contributed by atoms with Crippen LogP contribution in [0.5, 0.6) is 0 Å². The predicted octanol–water partition coefficient (Wildman–Crippen LogP) is 5.87. The normalized spacial score (nSPS) is 15.9. The molecular formula is C20H22ClN5S. The molecule has 1 aliphatic carbocycles. The first-order valence-electron chi connectivity index (χ1n) is 9.27. The third-order valence-corrected chi connectivity index (χ3v) is 5.94. The smallest absolute Gasteiger partial charge is 0.202 e. The summed E-state index contributed by atoms with van der Waals surface area (Å²) in [4.78, 5) is 13.9. The maximum Gasteiger partial charge on any atom is 0.202 e. The molecular weight excluding hydrogens is 378 g/mol. The number of hydrogen-bond donors (Lipinski definition) is 2. The Balaban J connectivity index is 1.72. The van der Waals surface area contributed by atoms with Crippen molar-refractivity contribution in [3.63, 3.8) is 0 Å². The Morgan fingerprint density at radius 3 is 2.78 bits per heavy atom. The molecule has 140 valence electrons. The molecule has 1 aliphatic rings. The van der Waals surface area contributed by atoms with Crippen LogP contribution < -0.4 is 10.6 Å². The molecule has 1 saturated carbocycles. The number of thiazole rings is 1. The van der Waals surface area contributed by atoms with Crippen LogP contribution in [0.1, 0.15) is 37.8 Å². The molecule has 2 heterocycles. The summed E-state index contributed by atoms with van der Waals surface area (Å²) in [5, 5.41) is 11.1. The lowest BCUT2D eigenvalue weighted by Crippen LogP contribution is -2.26. The van der Waals surface area contributed by atoms with E-state index in [9.17, 15) is 0 Å². The Labute approximate surface area is 167 Å². The fourth-order valence-electron chi connectivity index (χ4n) is 3.43. The number of benzene rings is 1. The number of fused-ring (bicyclic) bond motifs is 1. The molecule has 0 saturated heterocycles. The molecule has 1 aromatic carbocycles. The minimum atomic E-state index is 0.321. The molecule has 0 unspecified atom stereocenters. The molecule has 0 amide bonds. The summed E-state index contributed by atoms with van der Waals surface area (Å²) in [6, 6.07) is 8.32. The summed E-state index contributed by atoms with van der Waals surface area (Å²) in [5.74, 6) is 0.689. The van der Waals surface area contributed by atoms with E-state index < -0.39 is 0 Å². The van der Waals surface area contributed by atoms with Crippen LogP contribution in [0.3, 0.4) is 0 Å². The number of halogens is 1. The number of aliphatic imine (C=N–C) groups is 1. The Morgan fingerprint density at radius 2 is 2.00 bits per heavy atom. The first-order valence-corrected chi connectivity index (χ1v) is 10.5. The molecule has 0 spiro atoms. The van der Waals surface area contributed by atoms with Gasteiger partial charge in [0, 0.05) is 17.0 Å².